The number of nitrogens with zero attached hydrogens (tertiary/aromatic N) is 2. The first-order valence-electron chi connectivity index (χ1n) is 9.55. The van der Waals surface area contributed by atoms with Crippen LogP contribution < -0.4 is 19.1 Å². The quantitative estimate of drug-likeness (QED) is 0.624. The number of aryl methyl sites for hydroxylation is 2. The molecule has 2 aromatic carbocycles. The van der Waals surface area contributed by atoms with Crippen LogP contribution in [0.25, 0.3) is 0 Å². The van der Waals surface area contributed by atoms with E-state index in [1.54, 1.807) is 43.3 Å². The molecule has 162 valence electrons. The lowest BCUT2D eigenvalue weighted by Gasteiger charge is -2.25. The van der Waals surface area contributed by atoms with Gasteiger partial charge in [0, 0.05) is 12.1 Å². The monoisotopic (exact) mass is 443 g/mol. The van der Waals surface area contributed by atoms with Crippen LogP contribution in [0, 0.1) is 13.8 Å². The summed E-state index contributed by atoms with van der Waals surface area (Å²) in [7, 11) is -4.09. The summed E-state index contributed by atoms with van der Waals surface area (Å²) in [6, 6.07) is 12.8. The van der Waals surface area contributed by atoms with Crippen LogP contribution in [0.5, 0.6) is 11.5 Å². The summed E-state index contributed by atoms with van der Waals surface area (Å²) in [4.78, 5) is 12.6. The predicted molar refractivity (Wildman–Crippen MR) is 113 cm³/mol. The van der Waals surface area contributed by atoms with Crippen LogP contribution in [0.1, 0.15) is 11.3 Å². The molecule has 0 saturated heterocycles. The van der Waals surface area contributed by atoms with Crippen molar-refractivity contribution < 1.29 is 27.2 Å². The fourth-order valence-electron chi connectivity index (χ4n) is 3.08. The minimum Gasteiger partial charge on any atom is -0.486 e. The molecule has 2 heterocycles. The maximum atomic E-state index is 13.5. The number of fused-ring (bicyclic) bond motifs is 1. The average molecular weight is 443 g/mol. The number of anilines is 2. The first kappa shape index (κ1) is 20.7. The summed E-state index contributed by atoms with van der Waals surface area (Å²) < 4.78 is 44.0. The van der Waals surface area contributed by atoms with Gasteiger partial charge in [0.2, 0.25) is 5.91 Å². The van der Waals surface area contributed by atoms with Gasteiger partial charge >= 0.3 is 0 Å². The van der Waals surface area contributed by atoms with Crippen molar-refractivity contribution in [1.29, 1.82) is 0 Å². The number of hydrogen-bond acceptors (Lipinski definition) is 7. The van der Waals surface area contributed by atoms with Crippen molar-refractivity contribution in [3.63, 3.8) is 0 Å². The van der Waals surface area contributed by atoms with Gasteiger partial charge in [-0.3, -0.25) is 9.10 Å². The Hall–Kier alpha value is -3.53. The van der Waals surface area contributed by atoms with Gasteiger partial charge in [-0.25, -0.2) is 8.42 Å². The van der Waals surface area contributed by atoms with E-state index in [4.69, 9.17) is 14.0 Å². The molecule has 0 fully saturated rings. The third-order valence-electron chi connectivity index (χ3n) is 4.61. The number of carbonyl (C=O) groups is 1. The van der Waals surface area contributed by atoms with E-state index in [9.17, 15) is 13.2 Å². The number of sulfonamides is 1. The summed E-state index contributed by atoms with van der Waals surface area (Å²) >= 11 is 0. The molecule has 4 rings (SSSR count). The molecule has 31 heavy (non-hydrogen) atoms. The zero-order valence-corrected chi connectivity index (χ0v) is 17.8. The Morgan fingerprint density at radius 2 is 1.74 bits per heavy atom. The molecule has 0 unspecified atom stereocenters. The molecule has 3 aromatic rings. The fraction of sp³-hybridized carbons (Fsp3) is 0.238. The fourth-order valence-corrected chi connectivity index (χ4v) is 4.51. The summed E-state index contributed by atoms with van der Waals surface area (Å²) in [5.41, 5.74) is 1.31. The molecule has 0 saturated carbocycles. The van der Waals surface area contributed by atoms with Crippen LogP contribution in [0.4, 0.5) is 11.5 Å². The van der Waals surface area contributed by atoms with Gasteiger partial charge < -0.3 is 19.3 Å². The predicted octanol–water partition coefficient (Wildman–Crippen LogP) is 2.90. The molecular weight excluding hydrogens is 422 g/mol. The second-order valence-electron chi connectivity index (χ2n) is 7.02. The number of amides is 1. The van der Waals surface area contributed by atoms with E-state index in [0.717, 1.165) is 9.87 Å². The molecule has 1 amide bonds. The van der Waals surface area contributed by atoms with Crippen molar-refractivity contribution >= 4 is 27.4 Å². The van der Waals surface area contributed by atoms with Gasteiger partial charge in [-0.2, -0.15) is 0 Å². The third kappa shape index (κ3) is 4.48. The molecular formula is C21H21N3O6S. The lowest BCUT2D eigenvalue weighted by Crippen LogP contribution is -2.38. The molecule has 0 aliphatic carbocycles. The number of ether oxygens (including phenoxy) is 2. The Morgan fingerprint density at radius 1 is 1.03 bits per heavy atom. The smallest absolute Gasteiger partial charge is 0.264 e. The Morgan fingerprint density at radius 3 is 2.42 bits per heavy atom. The van der Waals surface area contributed by atoms with E-state index in [1.807, 2.05) is 6.92 Å². The van der Waals surface area contributed by atoms with Gasteiger partial charge in [-0.05, 0) is 38.1 Å². The van der Waals surface area contributed by atoms with Gasteiger partial charge in [-0.1, -0.05) is 22.9 Å². The minimum absolute atomic E-state index is 0.0117. The Labute approximate surface area is 179 Å². The van der Waals surface area contributed by atoms with Crippen molar-refractivity contribution in [2.24, 2.45) is 0 Å². The maximum Gasteiger partial charge on any atom is 0.264 e. The van der Waals surface area contributed by atoms with E-state index in [0.29, 0.717) is 36.2 Å². The van der Waals surface area contributed by atoms with Gasteiger partial charge in [0.25, 0.3) is 10.0 Å². The normalized spacial score (nSPS) is 13.0. The molecule has 0 bridgehead atoms. The molecule has 0 radical (unpaired) electrons. The molecule has 0 spiro atoms. The first-order chi connectivity index (χ1) is 14.8. The van der Waals surface area contributed by atoms with E-state index >= 15 is 0 Å². The Balaban J connectivity index is 1.67. The summed E-state index contributed by atoms with van der Waals surface area (Å²) in [5.74, 6) is 0.998. The van der Waals surface area contributed by atoms with E-state index in [2.05, 4.69) is 10.5 Å². The number of hydrogen-bond donors (Lipinski definition) is 1. The lowest BCUT2D eigenvalue weighted by atomic mass is 10.2. The Kier molecular flexibility index (Phi) is 5.55. The topological polar surface area (TPSA) is 111 Å². The van der Waals surface area contributed by atoms with Crippen LogP contribution in [-0.4, -0.2) is 39.2 Å². The minimum atomic E-state index is -4.09. The van der Waals surface area contributed by atoms with Gasteiger partial charge in [0.1, 0.15) is 25.5 Å². The van der Waals surface area contributed by atoms with Crippen LogP contribution in [0.2, 0.25) is 0 Å². The lowest BCUT2D eigenvalue weighted by molar-refractivity contribution is -0.114. The van der Waals surface area contributed by atoms with Crippen molar-refractivity contribution in [3.8, 4) is 11.5 Å². The van der Waals surface area contributed by atoms with E-state index in [1.165, 1.54) is 12.1 Å². The molecule has 1 aliphatic heterocycles. The second kappa shape index (κ2) is 8.31. The summed E-state index contributed by atoms with van der Waals surface area (Å²) in [5, 5.41) is 6.26. The van der Waals surface area contributed by atoms with Gasteiger partial charge in [-0.15, -0.1) is 0 Å². The van der Waals surface area contributed by atoms with E-state index in [-0.39, 0.29) is 10.7 Å². The van der Waals surface area contributed by atoms with Crippen molar-refractivity contribution in [1.82, 2.24) is 5.16 Å². The number of rotatable bonds is 6. The Bertz CT molecular complexity index is 1200. The summed E-state index contributed by atoms with van der Waals surface area (Å²) in [6.07, 6.45) is 0. The molecule has 1 aromatic heterocycles. The average Bonchev–Trinajstić information content (AvgIpc) is 3.16. The third-order valence-corrected chi connectivity index (χ3v) is 6.38. The maximum absolute atomic E-state index is 13.5. The van der Waals surface area contributed by atoms with Crippen molar-refractivity contribution in [2.45, 2.75) is 18.7 Å². The second-order valence-corrected chi connectivity index (χ2v) is 8.89. The van der Waals surface area contributed by atoms with Crippen LogP contribution in [0.3, 0.4) is 0 Å². The number of carbonyl (C=O) groups excluding carboxylic acids is 1. The zero-order chi connectivity index (χ0) is 22.0. The SMILES string of the molecule is Cc1ccc(N(CC(=O)Nc2cc(C)on2)S(=O)(=O)c2ccc3c(c2)OCCO3)cc1. The molecule has 10 heteroatoms. The highest BCUT2D eigenvalue weighted by atomic mass is 32.2. The zero-order valence-electron chi connectivity index (χ0n) is 17.0. The highest BCUT2D eigenvalue weighted by Crippen LogP contribution is 2.34. The van der Waals surface area contributed by atoms with Gasteiger partial charge in [0.15, 0.2) is 17.3 Å². The molecule has 9 nitrogen and oxygen atoms in total. The van der Waals surface area contributed by atoms with Crippen molar-refractivity contribution in [3.05, 3.63) is 59.9 Å². The van der Waals surface area contributed by atoms with Crippen molar-refractivity contribution in [2.75, 3.05) is 29.4 Å². The number of benzene rings is 2. The highest BCUT2D eigenvalue weighted by molar-refractivity contribution is 7.92. The molecule has 1 N–H and O–H groups in total. The van der Waals surface area contributed by atoms with E-state index < -0.39 is 22.5 Å². The summed E-state index contributed by atoms with van der Waals surface area (Å²) in [6.45, 7) is 3.86. The number of aromatic nitrogens is 1. The van der Waals surface area contributed by atoms with Crippen LogP contribution in [-0.2, 0) is 14.8 Å². The van der Waals surface area contributed by atoms with Crippen LogP contribution >= 0.6 is 0 Å². The first-order valence-corrected chi connectivity index (χ1v) is 11.0. The highest BCUT2D eigenvalue weighted by Gasteiger charge is 2.29. The standard InChI is InChI=1S/C21H21N3O6S/c1-14-3-5-16(6-4-14)24(13-21(25)22-20-11-15(2)30-23-20)31(26,27)17-7-8-18-19(12-17)29-10-9-28-18/h3-8,11-12H,9-10,13H2,1-2H3,(H,22,23,25). The van der Waals surface area contributed by atoms with Gasteiger partial charge in [0.05, 0.1) is 10.6 Å². The van der Waals surface area contributed by atoms with Crippen LogP contribution in [0.15, 0.2) is 57.9 Å². The largest absolute Gasteiger partial charge is 0.486 e. The number of nitrogens with one attached hydrogen (secondary N) is 1. The molecule has 0 atom stereocenters. The molecule has 1 aliphatic rings.